The van der Waals surface area contributed by atoms with E-state index in [1.165, 1.54) is 0 Å². The molecule has 10 nitrogen and oxygen atoms in total. The van der Waals surface area contributed by atoms with Gasteiger partial charge in [-0.3, -0.25) is 28.9 Å². The Bertz CT molecular complexity index is 1000. The normalized spacial score (nSPS) is 26.1. The number of rotatable bonds is 5. The summed E-state index contributed by atoms with van der Waals surface area (Å²) in [6.45, 7) is 2.44. The molecule has 5 N–H and O–H groups in total. The zero-order valence-corrected chi connectivity index (χ0v) is 20.8. The maximum absolute atomic E-state index is 14.8. The first-order valence-electron chi connectivity index (χ1n) is 12.1. The van der Waals surface area contributed by atoms with E-state index in [1.807, 2.05) is 29.2 Å². The molecule has 1 aromatic rings. The molecular weight excluding hydrogens is 498 g/mol. The smallest absolute Gasteiger partial charge is 0.369 e. The van der Waals surface area contributed by atoms with Crippen LogP contribution < -0.4 is 16.0 Å². The molecule has 4 rings (SSSR count). The van der Waals surface area contributed by atoms with Crippen LogP contribution in [0.4, 0.5) is 14.5 Å². The van der Waals surface area contributed by atoms with E-state index in [9.17, 15) is 18.4 Å². The van der Waals surface area contributed by atoms with Crippen molar-refractivity contribution in [3.05, 3.63) is 29.8 Å². The average molecular weight is 533 g/mol. The van der Waals surface area contributed by atoms with E-state index >= 15 is 0 Å². The van der Waals surface area contributed by atoms with Gasteiger partial charge in [-0.15, -0.1) is 0 Å². The minimum Gasteiger partial charge on any atom is -0.369 e. The molecule has 202 valence electrons. The van der Waals surface area contributed by atoms with E-state index < -0.39 is 22.2 Å². The second-order valence-corrected chi connectivity index (χ2v) is 10.6. The molecule has 3 aliphatic rings. The third-order valence-electron chi connectivity index (χ3n) is 7.08. The molecule has 3 fully saturated rings. The predicted molar refractivity (Wildman–Crippen MR) is 129 cm³/mol. The van der Waals surface area contributed by atoms with Gasteiger partial charge in [0.2, 0.25) is 11.8 Å². The fraction of sp³-hybridized carbons (Fsp3) is 0.652. The summed E-state index contributed by atoms with van der Waals surface area (Å²) in [4.78, 5) is 27.5. The Morgan fingerprint density at radius 2 is 1.53 bits per heavy atom. The van der Waals surface area contributed by atoms with E-state index in [1.54, 1.807) is 0 Å². The SMILES string of the molecule is NC1CCC(C(F)(F)CN2CCN(c3ccc(C4CCC(=O)NC4=O)cc3)CC2)CC1.O=S(=O)(O)O. The molecule has 1 saturated carbocycles. The van der Waals surface area contributed by atoms with Crippen LogP contribution in [0.5, 0.6) is 0 Å². The molecule has 0 radical (unpaired) electrons. The van der Waals surface area contributed by atoms with E-state index in [0.29, 0.717) is 64.7 Å². The lowest BCUT2D eigenvalue weighted by atomic mass is 9.82. The van der Waals surface area contributed by atoms with E-state index in [4.69, 9.17) is 23.3 Å². The zero-order chi connectivity index (χ0) is 26.5. The highest BCUT2D eigenvalue weighted by atomic mass is 32.3. The van der Waals surface area contributed by atoms with Gasteiger partial charge < -0.3 is 10.6 Å². The Labute approximate surface area is 209 Å². The lowest BCUT2D eigenvalue weighted by molar-refractivity contribution is -0.134. The topological polar surface area (TPSA) is 153 Å². The summed E-state index contributed by atoms with van der Waals surface area (Å²) < 4.78 is 61.1. The molecule has 13 heteroatoms. The first-order valence-corrected chi connectivity index (χ1v) is 13.5. The average Bonchev–Trinajstić information content (AvgIpc) is 2.79. The van der Waals surface area contributed by atoms with Gasteiger partial charge in [-0.1, -0.05) is 12.1 Å². The fourth-order valence-electron chi connectivity index (χ4n) is 5.06. The fourth-order valence-corrected chi connectivity index (χ4v) is 5.06. The number of hydrogen-bond acceptors (Lipinski definition) is 7. The van der Waals surface area contributed by atoms with E-state index in [0.717, 1.165) is 11.3 Å². The first-order chi connectivity index (χ1) is 16.8. The number of alkyl halides is 2. The van der Waals surface area contributed by atoms with Crippen LogP contribution in [0.3, 0.4) is 0 Å². The van der Waals surface area contributed by atoms with Gasteiger partial charge >= 0.3 is 10.4 Å². The minimum atomic E-state index is -4.67. The van der Waals surface area contributed by atoms with Crippen molar-refractivity contribution in [3.63, 3.8) is 0 Å². The Balaban J connectivity index is 0.000000658. The first kappa shape index (κ1) is 28.4. The summed E-state index contributed by atoms with van der Waals surface area (Å²) in [7, 11) is -4.67. The molecule has 2 heterocycles. The summed E-state index contributed by atoms with van der Waals surface area (Å²) in [5.41, 5.74) is 7.80. The van der Waals surface area contributed by atoms with Gasteiger partial charge in [0, 0.05) is 50.2 Å². The molecule has 1 unspecified atom stereocenters. The lowest BCUT2D eigenvalue weighted by Crippen LogP contribution is -2.52. The van der Waals surface area contributed by atoms with Crippen molar-refractivity contribution < 1.29 is 35.9 Å². The van der Waals surface area contributed by atoms with Crippen LogP contribution in [0.2, 0.25) is 0 Å². The number of imide groups is 1. The van der Waals surface area contributed by atoms with Crippen LogP contribution in [-0.2, 0) is 20.0 Å². The second kappa shape index (κ2) is 11.9. The van der Waals surface area contributed by atoms with Gasteiger partial charge in [0.15, 0.2) is 0 Å². The molecule has 0 aromatic heterocycles. The van der Waals surface area contributed by atoms with E-state index in [-0.39, 0.29) is 30.3 Å². The third-order valence-corrected chi connectivity index (χ3v) is 7.08. The van der Waals surface area contributed by atoms with Crippen molar-refractivity contribution in [2.24, 2.45) is 11.7 Å². The molecule has 2 saturated heterocycles. The number of anilines is 1. The van der Waals surface area contributed by atoms with E-state index in [2.05, 4.69) is 10.2 Å². The number of carbonyl (C=O) groups is 2. The number of nitrogens with two attached hydrogens (primary N) is 1. The number of carbonyl (C=O) groups excluding carboxylic acids is 2. The van der Waals surface area contributed by atoms with Crippen molar-refractivity contribution in [1.82, 2.24) is 10.2 Å². The summed E-state index contributed by atoms with van der Waals surface area (Å²) in [5, 5.41) is 2.39. The third kappa shape index (κ3) is 8.44. The van der Waals surface area contributed by atoms with Crippen molar-refractivity contribution >= 4 is 27.9 Å². The quantitative estimate of drug-likeness (QED) is 0.329. The van der Waals surface area contributed by atoms with Gasteiger partial charge in [0.25, 0.3) is 5.92 Å². The summed E-state index contributed by atoms with van der Waals surface area (Å²) in [6.07, 6.45) is 3.33. The van der Waals surface area contributed by atoms with Crippen LogP contribution in [-0.4, -0.2) is 78.9 Å². The van der Waals surface area contributed by atoms with Gasteiger partial charge in [0.05, 0.1) is 12.5 Å². The number of benzene rings is 1. The maximum Gasteiger partial charge on any atom is 0.394 e. The molecule has 0 bridgehead atoms. The highest BCUT2D eigenvalue weighted by Gasteiger charge is 2.42. The molecule has 1 aliphatic carbocycles. The number of nitrogens with zero attached hydrogens (tertiary/aromatic N) is 2. The maximum atomic E-state index is 14.8. The number of amides is 2. The number of halogens is 2. The summed E-state index contributed by atoms with van der Waals surface area (Å²) in [6, 6.07) is 7.91. The summed E-state index contributed by atoms with van der Waals surface area (Å²) in [5.74, 6) is -3.96. The largest absolute Gasteiger partial charge is 0.394 e. The second-order valence-electron chi connectivity index (χ2n) is 9.68. The van der Waals surface area contributed by atoms with Gasteiger partial charge in [0.1, 0.15) is 0 Å². The number of hydrogen-bond donors (Lipinski definition) is 4. The number of nitrogens with one attached hydrogen (secondary N) is 1. The van der Waals surface area contributed by atoms with Crippen LogP contribution in [0.1, 0.15) is 50.0 Å². The lowest BCUT2D eigenvalue weighted by Gasteiger charge is -2.40. The number of piperidine rings is 1. The molecule has 1 atom stereocenters. The molecule has 36 heavy (non-hydrogen) atoms. The Morgan fingerprint density at radius 1 is 0.972 bits per heavy atom. The zero-order valence-electron chi connectivity index (χ0n) is 20.0. The molecule has 0 spiro atoms. The Kier molecular flexibility index (Phi) is 9.39. The Morgan fingerprint density at radius 3 is 2.06 bits per heavy atom. The van der Waals surface area contributed by atoms with Crippen molar-refractivity contribution in [2.75, 3.05) is 37.6 Å². The van der Waals surface area contributed by atoms with Crippen molar-refractivity contribution in [2.45, 2.75) is 56.4 Å². The van der Waals surface area contributed by atoms with Crippen LogP contribution in [0, 0.1) is 5.92 Å². The highest BCUT2D eigenvalue weighted by molar-refractivity contribution is 7.79. The molecule has 1 aromatic carbocycles. The van der Waals surface area contributed by atoms with Crippen molar-refractivity contribution in [1.29, 1.82) is 0 Å². The summed E-state index contributed by atoms with van der Waals surface area (Å²) >= 11 is 0. The monoisotopic (exact) mass is 532 g/mol. The van der Waals surface area contributed by atoms with Gasteiger partial charge in [-0.2, -0.15) is 8.42 Å². The molecular formula is C23H34F2N4O6S. The van der Waals surface area contributed by atoms with Crippen LogP contribution >= 0.6 is 0 Å². The standard InChI is InChI=1S/C23H32F2N4O2.H2O4S/c24-23(25,17-3-5-18(26)6-4-17)15-28-11-13-29(14-12-28)19-7-1-16(2-8-19)20-9-10-21(30)27-22(20)31;1-5(2,3)4/h1-2,7-8,17-18,20H,3-6,9-15,26H2,(H,27,30,31);(H2,1,2,3,4). The Hall–Kier alpha value is -2.19. The van der Waals surface area contributed by atoms with Gasteiger partial charge in [-0.25, -0.2) is 8.78 Å². The molecule has 2 aliphatic heterocycles. The van der Waals surface area contributed by atoms with Crippen LogP contribution in [0.15, 0.2) is 24.3 Å². The minimum absolute atomic E-state index is 0.0805. The number of piperazine rings is 1. The van der Waals surface area contributed by atoms with Gasteiger partial charge in [-0.05, 0) is 49.8 Å². The molecule has 2 amide bonds. The van der Waals surface area contributed by atoms with Crippen LogP contribution in [0.25, 0.3) is 0 Å². The highest BCUT2D eigenvalue weighted by Crippen LogP contribution is 2.37. The predicted octanol–water partition coefficient (Wildman–Crippen LogP) is 1.83. The van der Waals surface area contributed by atoms with Crippen molar-refractivity contribution in [3.8, 4) is 0 Å².